The Kier molecular flexibility index (Phi) is 5.00. The minimum atomic E-state index is -3.60. The first-order chi connectivity index (χ1) is 9.88. The number of carbonyl (C=O) groups is 1. The molecule has 1 aromatic rings. The molecule has 0 bridgehead atoms. The monoisotopic (exact) mass is 315 g/mol. The van der Waals surface area contributed by atoms with Gasteiger partial charge in [0.2, 0.25) is 10.0 Å². The number of hydrogen-bond donors (Lipinski definition) is 2. The zero-order chi connectivity index (χ0) is 15.5. The van der Waals surface area contributed by atoms with E-state index in [4.69, 9.17) is 5.11 Å². The summed E-state index contributed by atoms with van der Waals surface area (Å²) in [6, 6.07) is -0.0973. The van der Waals surface area contributed by atoms with Gasteiger partial charge in [-0.3, -0.25) is 9.48 Å². The first-order valence-electron chi connectivity index (χ1n) is 7.15. The molecule has 0 spiro atoms. The Hall–Kier alpha value is -1.41. The number of carboxylic acid groups (broad SMARTS) is 1. The Morgan fingerprint density at radius 1 is 1.52 bits per heavy atom. The third kappa shape index (κ3) is 4.28. The molecule has 1 unspecified atom stereocenters. The number of aryl methyl sites for hydroxylation is 1. The number of nitrogens with one attached hydrogen (secondary N) is 1. The molecule has 1 atom stereocenters. The highest BCUT2D eigenvalue weighted by Gasteiger charge is 2.26. The molecule has 1 aliphatic rings. The summed E-state index contributed by atoms with van der Waals surface area (Å²) >= 11 is 0. The van der Waals surface area contributed by atoms with Crippen molar-refractivity contribution in [3.8, 4) is 0 Å². The van der Waals surface area contributed by atoms with Crippen LogP contribution >= 0.6 is 0 Å². The summed E-state index contributed by atoms with van der Waals surface area (Å²) in [5, 5.41) is 12.5. The van der Waals surface area contributed by atoms with Crippen LogP contribution in [0.3, 0.4) is 0 Å². The predicted octanol–water partition coefficient (Wildman–Crippen LogP) is 1.21. The molecule has 1 heterocycles. The fourth-order valence-corrected chi connectivity index (χ4v) is 3.95. The molecule has 0 aliphatic heterocycles. The summed E-state index contributed by atoms with van der Waals surface area (Å²) in [6.07, 6.45) is 6.96. The first kappa shape index (κ1) is 16.0. The maximum atomic E-state index is 12.3. The van der Waals surface area contributed by atoms with Gasteiger partial charge >= 0.3 is 5.97 Å². The smallest absolute Gasteiger partial charge is 0.305 e. The van der Waals surface area contributed by atoms with Crippen molar-refractivity contribution >= 4 is 16.0 Å². The van der Waals surface area contributed by atoms with Gasteiger partial charge in [0.15, 0.2) is 0 Å². The average molecular weight is 315 g/mol. The minimum Gasteiger partial charge on any atom is -0.481 e. The molecular weight excluding hydrogens is 294 g/mol. The molecule has 1 saturated carbocycles. The standard InChI is InChI=1S/C13H21N3O4S/c1-10(11-4-2-3-5-11)15-21(19,20)12-8-14-16(9-12)7-6-13(17)18/h8-11,15H,2-7H2,1H3,(H,17,18). The second kappa shape index (κ2) is 6.57. The molecule has 2 rings (SSSR count). The molecule has 1 aliphatic carbocycles. The Balaban J connectivity index is 2.00. The van der Waals surface area contributed by atoms with Gasteiger partial charge in [-0.2, -0.15) is 5.10 Å². The summed E-state index contributed by atoms with van der Waals surface area (Å²) in [5.41, 5.74) is 0. The SMILES string of the molecule is CC(NS(=O)(=O)c1cnn(CCC(=O)O)c1)C1CCCC1. The van der Waals surface area contributed by atoms with E-state index in [1.807, 2.05) is 6.92 Å². The van der Waals surface area contributed by atoms with E-state index >= 15 is 0 Å². The van der Waals surface area contributed by atoms with Crippen LogP contribution in [0.2, 0.25) is 0 Å². The molecule has 8 heteroatoms. The van der Waals surface area contributed by atoms with Crippen LogP contribution in [-0.4, -0.2) is 35.3 Å². The first-order valence-corrected chi connectivity index (χ1v) is 8.63. The quantitative estimate of drug-likeness (QED) is 0.787. The molecule has 0 saturated heterocycles. The van der Waals surface area contributed by atoms with Gasteiger partial charge in [-0.15, -0.1) is 0 Å². The van der Waals surface area contributed by atoms with Crippen LogP contribution < -0.4 is 4.72 Å². The van der Waals surface area contributed by atoms with Crippen molar-refractivity contribution in [1.82, 2.24) is 14.5 Å². The van der Waals surface area contributed by atoms with Crippen LogP contribution in [0, 0.1) is 5.92 Å². The third-order valence-electron chi connectivity index (χ3n) is 3.92. The topological polar surface area (TPSA) is 101 Å². The number of rotatable bonds is 7. The average Bonchev–Trinajstić information content (AvgIpc) is 3.07. The van der Waals surface area contributed by atoms with Crippen molar-refractivity contribution < 1.29 is 18.3 Å². The zero-order valence-electron chi connectivity index (χ0n) is 12.0. The van der Waals surface area contributed by atoms with E-state index < -0.39 is 16.0 Å². The maximum Gasteiger partial charge on any atom is 0.305 e. The largest absolute Gasteiger partial charge is 0.481 e. The van der Waals surface area contributed by atoms with Gasteiger partial charge in [0, 0.05) is 12.2 Å². The normalized spacial score (nSPS) is 18.0. The summed E-state index contributed by atoms with van der Waals surface area (Å²) in [5.74, 6) is -0.551. The molecule has 1 aromatic heterocycles. The maximum absolute atomic E-state index is 12.3. The lowest BCUT2D eigenvalue weighted by atomic mass is 10.0. The van der Waals surface area contributed by atoms with Crippen LogP contribution in [0.1, 0.15) is 39.0 Å². The number of carboxylic acids is 1. The summed E-state index contributed by atoms with van der Waals surface area (Å²) in [7, 11) is -3.60. The molecule has 7 nitrogen and oxygen atoms in total. The molecule has 118 valence electrons. The highest BCUT2D eigenvalue weighted by atomic mass is 32.2. The molecule has 0 amide bonds. The molecule has 0 radical (unpaired) electrons. The zero-order valence-corrected chi connectivity index (χ0v) is 12.8. The predicted molar refractivity (Wildman–Crippen MR) is 76.2 cm³/mol. The molecule has 0 aromatic carbocycles. The summed E-state index contributed by atoms with van der Waals surface area (Å²) in [4.78, 5) is 10.6. The molecule has 21 heavy (non-hydrogen) atoms. The van der Waals surface area contributed by atoms with Gasteiger partial charge in [-0.1, -0.05) is 12.8 Å². The molecular formula is C13H21N3O4S. The van der Waals surface area contributed by atoms with Crippen LogP contribution in [-0.2, 0) is 21.4 Å². The highest BCUT2D eigenvalue weighted by Crippen LogP contribution is 2.28. The van der Waals surface area contributed by atoms with Crippen molar-refractivity contribution in [1.29, 1.82) is 0 Å². The van der Waals surface area contributed by atoms with Crippen molar-refractivity contribution in [2.75, 3.05) is 0 Å². The third-order valence-corrected chi connectivity index (χ3v) is 5.44. The lowest BCUT2D eigenvalue weighted by Gasteiger charge is -2.19. The van der Waals surface area contributed by atoms with E-state index in [0.29, 0.717) is 5.92 Å². The van der Waals surface area contributed by atoms with E-state index in [2.05, 4.69) is 9.82 Å². The lowest BCUT2D eigenvalue weighted by molar-refractivity contribution is -0.137. The highest BCUT2D eigenvalue weighted by molar-refractivity contribution is 7.89. The number of sulfonamides is 1. The van der Waals surface area contributed by atoms with E-state index in [-0.39, 0.29) is 23.9 Å². The van der Waals surface area contributed by atoms with Gasteiger partial charge in [-0.25, -0.2) is 13.1 Å². The van der Waals surface area contributed by atoms with Crippen LogP contribution in [0.15, 0.2) is 17.3 Å². The van der Waals surface area contributed by atoms with Crippen molar-refractivity contribution in [3.05, 3.63) is 12.4 Å². The number of aliphatic carboxylic acids is 1. The van der Waals surface area contributed by atoms with Crippen molar-refractivity contribution in [3.63, 3.8) is 0 Å². The van der Waals surface area contributed by atoms with E-state index in [1.165, 1.54) is 17.1 Å². The second-order valence-corrected chi connectivity index (χ2v) is 7.25. The second-order valence-electron chi connectivity index (χ2n) is 5.54. The molecule has 1 fully saturated rings. The van der Waals surface area contributed by atoms with Gasteiger partial charge < -0.3 is 5.11 Å². The van der Waals surface area contributed by atoms with E-state index in [1.54, 1.807) is 0 Å². The number of nitrogens with zero attached hydrogens (tertiary/aromatic N) is 2. The summed E-state index contributed by atoms with van der Waals surface area (Å²) < 4.78 is 28.6. The molecule has 2 N–H and O–H groups in total. The van der Waals surface area contributed by atoms with Crippen LogP contribution in [0.25, 0.3) is 0 Å². The van der Waals surface area contributed by atoms with Gasteiger partial charge in [0.1, 0.15) is 4.90 Å². The van der Waals surface area contributed by atoms with E-state index in [0.717, 1.165) is 25.7 Å². The van der Waals surface area contributed by atoms with Crippen molar-refractivity contribution in [2.45, 2.75) is 56.5 Å². The fourth-order valence-electron chi connectivity index (χ4n) is 2.68. The van der Waals surface area contributed by atoms with Crippen molar-refractivity contribution in [2.24, 2.45) is 5.92 Å². The minimum absolute atomic E-state index is 0.0812. The number of hydrogen-bond acceptors (Lipinski definition) is 4. The Labute approximate surface area is 124 Å². The Morgan fingerprint density at radius 3 is 2.81 bits per heavy atom. The van der Waals surface area contributed by atoms with Gasteiger partial charge in [-0.05, 0) is 25.7 Å². The van der Waals surface area contributed by atoms with Gasteiger partial charge in [0.25, 0.3) is 0 Å². The van der Waals surface area contributed by atoms with Gasteiger partial charge in [0.05, 0.1) is 19.2 Å². The van der Waals surface area contributed by atoms with Crippen LogP contribution in [0.4, 0.5) is 0 Å². The summed E-state index contributed by atoms with van der Waals surface area (Å²) in [6.45, 7) is 2.05. The lowest BCUT2D eigenvalue weighted by Crippen LogP contribution is -2.37. The number of aromatic nitrogens is 2. The van der Waals surface area contributed by atoms with Crippen LogP contribution in [0.5, 0.6) is 0 Å². The Morgan fingerprint density at radius 2 is 2.19 bits per heavy atom. The Bertz CT molecular complexity index is 590. The fraction of sp³-hybridized carbons (Fsp3) is 0.692. The van der Waals surface area contributed by atoms with E-state index in [9.17, 15) is 13.2 Å².